The molecule has 0 aliphatic heterocycles. The lowest BCUT2D eigenvalue weighted by Crippen LogP contribution is -2.47. The van der Waals surface area contributed by atoms with Crippen LogP contribution in [0.25, 0.3) is 0 Å². The van der Waals surface area contributed by atoms with Gasteiger partial charge in [-0.25, -0.2) is 0 Å². The Morgan fingerprint density at radius 2 is 1.89 bits per heavy atom. The summed E-state index contributed by atoms with van der Waals surface area (Å²) in [6.45, 7) is 7.17. The molecule has 0 aromatic heterocycles. The minimum absolute atomic E-state index is 0.0227. The number of nitrogens with one attached hydrogen (secondary N) is 3. The molecule has 1 aliphatic rings. The molecule has 1 saturated carbocycles. The Morgan fingerprint density at radius 1 is 1.21 bits per heavy atom. The van der Waals surface area contributed by atoms with E-state index in [-0.39, 0.29) is 29.8 Å². The van der Waals surface area contributed by atoms with Crippen molar-refractivity contribution < 1.29 is 9.59 Å². The summed E-state index contributed by atoms with van der Waals surface area (Å²) in [5.74, 6) is 0.417. The van der Waals surface area contributed by atoms with E-state index >= 15 is 0 Å². The van der Waals surface area contributed by atoms with Gasteiger partial charge in [-0.3, -0.25) is 9.59 Å². The number of hydrogen-bond donors (Lipinski definition) is 3. The molecule has 0 spiro atoms. The van der Waals surface area contributed by atoms with Gasteiger partial charge in [-0.05, 0) is 33.1 Å². The fraction of sp³-hybridized carbons (Fsp3) is 0.857. The third-order valence-corrected chi connectivity index (χ3v) is 3.33. The average molecular weight is 269 g/mol. The summed E-state index contributed by atoms with van der Waals surface area (Å²) in [5, 5.41) is 8.95. The van der Waals surface area contributed by atoms with E-state index in [1.165, 1.54) is 0 Å². The van der Waals surface area contributed by atoms with Crippen LogP contribution < -0.4 is 16.0 Å². The molecule has 0 bridgehead atoms. The molecule has 3 N–H and O–H groups in total. The van der Waals surface area contributed by atoms with Gasteiger partial charge in [-0.1, -0.05) is 13.3 Å². The topological polar surface area (TPSA) is 70.2 Å². The van der Waals surface area contributed by atoms with Gasteiger partial charge in [0.2, 0.25) is 11.8 Å². The first-order valence-electron chi connectivity index (χ1n) is 7.36. The molecule has 0 heterocycles. The number of rotatable bonds is 9. The molecule has 2 amide bonds. The second kappa shape index (κ2) is 8.15. The molecule has 0 radical (unpaired) electrons. The fourth-order valence-corrected chi connectivity index (χ4v) is 1.93. The molecule has 0 aromatic rings. The summed E-state index contributed by atoms with van der Waals surface area (Å²) in [4.78, 5) is 23.2. The van der Waals surface area contributed by atoms with Gasteiger partial charge < -0.3 is 16.0 Å². The quantitative estimate of drug-likeness (QED) is 0.542. The van der Waals surface area contributed by atoms with Crippen LogP contribution in [0.3, 0.4) is 0 Å². The van der Waals surface area contributed by atoms with E-state index in [9.17, 15) is 9.59 Å². The Labute approximate surface area is 115 Å². The third-order valence-electron chi connectivity index (χ3n) is 3.33. The lowest BCUT2D eigenvalue weighted by atomic mass is 10.2. The van der Waals surface area contributed by atoms with E-state index < -0.39 is 0 Å². The highest BCUT2D eigenvalue weighted by Crippen LogP contribution is 2.28. The zero-order valence-electron chi connectivity index (χ0n) is 12.3. The molecule has 1 aliphatic carbocycles. The summed E-state index contributed by atoms with van der Waals surface area (Å²) in [5.41, 5.74) is 0. The fourth-order valence-electron chi connectivity index (χ4n) is 1.93. The van der Waals surface area contributed by atoms with Gasteiger partial charge in [-0.2, -0.15) is 0 Å². The monoisotopic (exact) mass is 269 g/mol. The Bertz CT molecular complexity index is 303. The molecule has 110 valence electrons. The van der Waals surface area contributed by atoms with E-state index in [4.69, 9.17) is 0 Å². The molecule has 5 nitrogen and oxygen atoms in total. The van der Waals surface area contributed by atoms with E-state index in [0.717, 1.165) is 25.7 Å². The largest absolute Gasteiger partial charge is 0.355 e. The van der Waals surface area contributed by atoms with Crippen LogP contribution in [0.5, 0.6) is 0 Å². The van der Waals surface area contributed by atoms with Crippen molar-refractivity contribution in [2.75, 3.05) is 13.1 Å². The van der Waals surface area contributed by atoms with Crippen molar-refractivity contribution in [2.24, 2.45) is 5.92 Å². The summed E-state index contributed by atoms with van der Waals surface area (Å²) in [6.07, 6.45) is 4.10. The summed E-state index contributed by atoms with van der Waals surface area (Å²) >= 11 is 0. The van der Waals surface area contributed by atoms with Crippen molar-refractivity contribution >= 4 is 11.8 Å². The highest BCUT2D eigenvalue weighted by Gasteiger charge is 2.29. The van der Waals surface area contributed by atoms with Crippen molar-refractivity contribution in [3.05, 3.63) is 0 Å². The Balaban J connectivity index is 2.06. The van der Waals surface area contributed by atoms with Crippen molar-refractivity contribution in [2.45, 2.75) is 58.5 Å². The second-order valence-electron chi connectivity index (χ2n) is 5.44. The first-order valence-corrected chi connectivity index (χ1v) is 7.36. The van der Waals surface area contributed by atoms with E-state index in [1.54, 1.807) is 0 Å². The van der Waals surface area contributed by atoms with Crippen molar-refractivity contribution in [1.82, 2.24) is 16.0 Å². The maximum atomic E-state index is 11.8. The van der Waals surface area contributed by atoms with Crippen LogP contribution in [-0.2, 0) is 9.59 Å². The summed E-state index contributed by atoms with van der Waals surface area (Å²) < 4.78 is 0. The van der Waals surface area contributed by atoms with Crippen LogP contribution in [0.4, 0.5) is 0 Å². The minimum Gasteiger partial charge on any atom is -0.355 e. The van der Waals surface area contributed by atoms with Crippen LogP contribution in [0.2, 0.25) is 0 Å². The smallest absolute Gasteiger partial charge is 0.237 e. The van der Waals surface area contributed by atoms with E-state index in [1.807, 2.05) is 13.8 Å². The molecule has 1 fully saturated rings. The van der Waals surface area contributed by atoms with Gasteiger partial charge in [0.1, 0.15) is 0 Å². The number of carbonyl (C=O) groups is 2. The predicted molar refractivity (Wildman–Crippen MR) is 75.7 cm³/mol. The zero-order valence-corrected chi connectivity index (χ0v) is 12.3. The van der Waals surface area contributed by atoms with Crippen LogP contribution in [0.1, 0.15) is 46.5 Å². The highest BCUT2D eigenvalue weighted by molar-refractivity contribution is 5.81. The van der Waals surface area contributed by atoms with Crippen LogP contribution in [0, 0.1) is 5.92 Å². The van der Waals surface area contributed by atoms with Gasteiger partial charge in [-0.15, -0.1) is 0 Å². The molecule has 2 atom stereocenters. The molecule has 0 saturated heterocycles. The molecule has 2 unspecified atom stereocenters. The number of hydrogen-bond acceptors (Lipinski definition) is 3. The Kier molecular flexibility index (Phi) is 6.84. The third kappa shape index (κ3) is 6.57. The number of carbonyl (C=O) groups excluding carboxylic acids is 2. The van der Waals surface area contributed by atoms with E-state index in [0.29, 0.717) is 13.1 Å². The van der Waals surface area contributed by atoms with Crippen LogP contribution >= 0.6 is 0 Å². The molecule has 19 heavy (non-hydrogen) atoms. The second-order valence-corrected chi connectivity index (χ2v) is 5.44. The SMILES string of the molecule is CCCC(C)NC(=O)C(C)NCCNC(=O)C1CC1. The maximum Gasteiger partial charge on any atom is 0.237 e. The standard InChI is InChI=1S/C14H27N3O2/c1-4-5-10(2)17-13(18)11(3)15-8-9-16-14(19)12-6-7-12/h10-12,15H,4-9H2,1-3H3,(H,16,19)(H,17,18). The predicted octanol–water partition coefficient (Wildman–Crippen LogP) is 0.796. The minimum atomic E-state index is -0.225. The summed E-state index contributed by atoms with van der Waals surface area (Å²) in [6, 6.07) is -0.00606. The lowest BCUT2D eigenvalue weighted by Gasteiger charge is -2.18. The molecular weight excluding hydrogens is 242 g/mol. The molecule has 5 heteroatoms. The van der Waals surface area contributed by atoms with Gasteiger partial charge >= 0.3 is 0 Å². The van der Waals surface area contributed by atoms with Crippen LogP contribution in [0.15, 0.2) is 0 Å². The van der Waals surface area contributed by atoms with Crippen molar-refractivity contribution in [1.29, 1.82) is 0 Å². The van der Waals surface area contributed by atoms with Gasteiger partial charge in [0.05, 0.1) is 6.04 Å². The first kappa shape index (κ1) is 16.0. The van der Waals surface area contributed by atoms with E-state index in [2.05, 4.69) is 22.9 Å². The van der Waals surface area contributed by atoms with Crippen LogP contribution in [-0.4, -0.2) is 37.0 Å². The Morgan fingerprint density at radius 3 is 2.47 bits per heavy atom. The normalized spacial score (nSPS) is 17.6. The molecule has 1 rings (SSSR count). The van der Waals surface area contributed by atoms with Gasteiger partial charge in [0, 0.05) is 25.0 Å². The van der Waals surface area contributed by atoms with Gasteiger partial charge in [0.25, 0.3) is 0 Å². The van der Waals surface area contributed by atoms with Crippen molar-refractivity contribution in [3.63, 3.8) is 0 Å². The van der Waals surface area contributed by atoms with Crippen molar-refractivity contribution in [3.8, 4) is 0 Å². The Hall–Kier alpha value is -1.10. The number of amides is 2. The molecular formula is C14H27N3O2. The first-order chi connectivity index (χ1) is 9.04. The average Bonchev–Trinajstić information content (AvgIpc) is 3.18. The highest BCUT2D eigenvalue weighted by atomic mass is 16.2. The maximum absolute atomic E-state index is 11.8. The summed E-state index contributed by atoms with van der Waals surface area (Å²) in [7, 11) is 0. The zero-order chi connectivity index (χ0) is 14.3. The lowest BCUT2D eigenvalue weighted by molar-refractivity contribution is -0.123. The van der Waals surface area contributed by atoms with Gasteiger partial charge in [0.15, 0.2) is 0 Å². The molecule has 0 aromatic carbocycles.